The van der Waals surface area contributed by atoms with Crippen molar-refractivity contribution in [2.45, 2.75) is 26.3 Å². The van der Waals surface area contributed by atoms with Crippen molar-refractivity contribution in [3.63, 3.8) is 0 Å². The minimum Gasteiger partial charge on any atom is -0.350 e. The third-order valence-electron chi connectivity index (χ3n) is 3.89. The molecule has 0 unspecified atom stereocenters. The molecular weight excluding hydrogens is 321 g/mol. The van der Waals surface area contributed by atoms with Crippen LogP contribution >= 0.6 is 0 Å². The van der Waals surface area contributed by atoms with Crippen molar-refractivity contribution in [2.24, 2.45) is 0 Å². The summed E-state index contributed by atoms with van der Waals surface area (Å²) in [6.45, 7) is 3.97. The quantitative estimate of drug-likeness (QED) is 0.761. The number of nitrogens with zero attached hydrogens (tertiary/aromatic N) is 2. The van der Waals surface area contributed by atoms with Gasteiger partial charge in [-0.2, -0.15) is 4.98 Å². The van der Waals surface area contributed by atoms with E-state index < -0.39 is 0 Å². The summed E-state index contributed by atoms with van der Waals surface area (Å²) < 4.78 is 18.5. The van der Waals surface area contributed by atoms with E-state index in [9.17, 15) is 9.18 Å². The molecule has 2 aromatic carbocycles. The molecule has 1 heterocycles. The van der Waals surface area contributed by atoms with Crippen LogP contribution in [0.1, 0.15) is 30.6 Å². The fourth-order valence-corrected chi connectivity index (χ4v) is 2.26. The van der Waals surface area contributed by atoms with Gasteiger partial charge in [0, 0.05) is 22.7 Å². The van der Waals surface area contributed by atoms with E-state index in [-0.39, 0.29) is 17.8 Å². The Balaban J connectivity index is 1.78. The van der Waals surface area contributed by atoms with Crippen LogP contribution in [0.2, 0.25) is 0 Å². The van der Waals surface area contributed by atoms with E-state index in [1.165, 1.54) is 12.1 Å². The maximum absolute atomic E-state index is 13.3. The number of amides is 1. The first kappa shape index (κ1) is 16.8. The summed E-state index contributed by atoms with van der Waals surface area (Å²) in [5.41, 5.74) is 1.80. The normalized spacial score (nSPS) is 12.0. The van der Waals surface area contributed by atoms with Crippen LogP contribution in [0, 0.1) is 5.82 Å². The molecule has 3 aromatic rings. The number of benzene rings is 2. The number of hydrogen-bond acceptors (Lipinski definition) is 4. The molecule has 25 heavy (non-hydrogen) atoms. The highest BCUT2D eigenvalue weighted by Gasteiger charge is 2.13. The molecule has 0 aliphatic rings. The second-order valence-electron chi connectivity index (χ2n) is 5.79. The standard InChI is InChI=1S/C19H18FN3O2/c1-3-12(2)21-18(24)13-7-9-14(10-8-13)19-22-17(23-25-19)15-5-4-6-16(20)11-15/h4-12H,3H2,1-2H3,(H,21,24)/t12-/m1/s1. The van der Waals surface area contributed by atoms with Crippen molar-refractivity contribution >= 4 is 5.91 Å². The molecule has 0 saturated carbocycles. The minimum absolute atomic E-state index is 0.119. The second-order valence-corrected chi connectivity index (χ2v) is 5.79. The van der Waals surface area contributed by atoms with Crippen LogP contribution < -0.4 is 5.32 Å². The number of aromatic nitrogens is 2. The maximum Gasteiger partial charge on any atom is 0.258 e. The van der Waals surface area contributed by atoms with Crippen molar-refractivity contribution in [1.29, 1.82) is 0 Å². The van der Waals surface area contributed by atoms with Crippen molar-refractivity contribution in [3.8, 4) is 22.8 Å². The van der Waals surface area contributed by atoms with E-state index in [4.69, 9.17) is 4.52 Å². The first-order chi connectivity index (χ1) is 12.1. The smallest absolute Gasteiger partial charge is 0.258 e. The first-order valence-corrected chi connectivity index (χ1v) is 8.07. The molecule has 0 radical (unpaired) electrons. The lowest BCUT2D eigenvalue weighted by atomic mass is 10.1. The number of carbonyl (C=O) groups is 1. The van der Waals surface area contributed by atoms with Crippen LogP contribution in [0.3, 0.4) is 0 Å². The van der Waals surface area contributed by atoms with Gasteiger partial charge in [0.2, 0.25) is 5.82 Å². The zero-order valence-corrected chi connectivity index (χ0v) is 14.0. The van der Waals surface area contributed by atoms with Crippen molar-refractivity contribution in [1.82, 2.24) is 15.5 Å². The van der Waals surface area contributed by atoms with E-state index in [0.717, 1.165) is 6.42 Å². The van der Waals surface area contributed by atoms with Crippen LogP contribution in [-0.4, -0.2) is 22.1 Å². The van der Waals surface area contributed by atoms with E-state index in [2.05, 4.69) is 15.5 Å². The van der Waals surface area contributed by atoms with Crippen molar-refractivity contribution < 1.29 is 13.7 Å². The monoisotopic (exact) mass is 339 g/mol. The summed E-state index contributed by atoms with van der Waals surface area (Å²) in [5, 5.41) is 6.79. The molecule has 1 amide bonds. The third-order valence-corrected chi connectivity index (χ3v) is 3.89. The van der Waals surface area contributed by atoms with E-state index >= 15 is 0 Å². The summed E-state index contributed by atoms with van der Waals surface area (Å²) in [6.07, 6.45) is 0.870. The topological polar surface area (TPSA) is 68.0 Å². The fourth-order valence-electron chi connectivity index (χ4n) is 2.26. The largest absolute Gasteiger partial charge is 0.350 e. The molecule has 0 saturated heterocycles. The van der Waals surface area contributed by atoms with Crippen LogP contribution in [-0.2, 0) is 0 Å². The van der Waals surface area contributed by atoms with Gasteiger partial charge in [-0.05, 0) is 49.7 Å². The second kappa shape index (κ2) is 7.25. The fraction of sp³-hybridized carbons (Fsp3) is 0.211. The van der Waals surface area contributed by atoms with Crippen LogP contribution in [0.25, 0.3) is 22.8 Å². The Morgan fingerprint density at radius 3 is 2.64 bits per heavy atom. The number of carbonyl (C=O) groups excluding carboxylic acids is 1. The van der Waals surface area contributed by atoms with Gasteiger partial charge in [0.15, 0.2) is 0 Å². The van der Waals surface area contributed by atoms with Crippen LogP contribution in [0.15, 0.2) is 53.1 Å². The van der Waals surface area contributed by atoms with E-state index in [0.29, 0.717) is 28.4 Å². The van der Waals surface area contributed by atoms with Gasteiger partial charge in [-0.15, -0.1) is 0 Å². The lowest BCUT2D eigenvalue weighted by Crippen LogP contribution is -2.31. The molecule has 6 heteroatoms. The number of halogens is 1. The highest BCUT2D eigenvalue weighted by Crippen LogP contribution is 2.23. The molecule has 0 fully saturated rings. The molecule has 1 N–H and O–H groups in total. The van der Waals surface area contributed by atoms with Crippen LogP contribution in [0.4, 0.5) is 4.39 Å². The zero-order chi connectivity index (χ0) is 17.8. The molecule has 0 aliphatic heterocycles. The maximum atomic E-state index is 13.3. The predicted molar refractivity (Wildman–Crippen MR) is 92.3 cm³/mol. The van der Waals surface area contributed by atoms with Gasteiger partial charge in [0.1, 0.15) is 5.82 Å². The Kier molecular flexibility index (Phi) is 4.88. The Labute approximate surface area is 144 Å². The summed E-state index contributed by atoms with van der Waals surface area (Å²) in [6, 6.07) is 13.0. The van der Waals surface area contributed by atoms with Crippen molar-refractivity contribution in [3.05, 3.63) is 59.9 Å². The molecule has 0 aliphatic carbocycles. The Bertz CT molecular complexity index is 874. The average molecular weight is 339 g/mol. The Hall–Kier alpha value is -3.02. The molecule has 1 aromatic heterocycles. The molecule has 128 valence electrons. The van der Waals surface area contributed by atoms with Gasteiger partial charge in [-0.3, -0.25) is 4.79 Å². The summed E-state index contributed by atoms with van der Waals surface area (Å²) in [4.78, 5) is 16.4. The lowest BCUT2D eigenvalue weighted by Gasteiger charge is -2.11. The number of rotatable bonds is 5. The van der Waals surface area contributed by atoms with Gasteiger partial charge >= 0.3 is 0 Å². The molecule has 5 nitrogen and oxygen atoms in total. The van der Waals surface area contributed by atoms with Gasteiger partial charge in [-0.1, -0.05) is 24.2 Å². The molecule has 0 spiro atoms. The lowest BCUT2D eigenvalue weighted by molar-refractivity contribution is 0.0939. The van der Waals surface area contributed by atoms with Gasteiger partial charge in [0.25, 0.3) is 11.8 Å². The molecular formula is C19H18FN3O2. The Morgan fingerprint density at radius 2 is 1.96 bits per heavy atom. The third kappa shape index (κ3) is 3.91. The zero-order valence-electron chi connectivity index (χ0n) is 14.0. The summed E-state index contributed by atoms with van der Waals surface area (Å²) in [7, 11) is 0. The van der Waals surface area contributed by atoms with Crippen LogP contribution in [0.5, 0.6) is 0 Å². The first-order valence-electron chi connectivity index (χ1n) is 8.07. The summed E-state index contributed by atoms with van der Waals surface area (Å²) in [5.74, 6) is 0.147. The minimum atomic E-state index is -0.361. The van der Waals surface area contributed by atoms with Crippen molar-refractivity contribution in [2.75, 3.05) is 0 Å². The van der Waals surface area contributed by atoms with Gasteiger partial charge in [0.05, 0.1) is 0 Å². The average Bonchev–Trinajstić information content (AvgIpc) is 3.12. The number of nitrogens with one attached hydrogen (secondary N) is 1. The van der Waals surface area contributed by atoms with Gasteiger partial charge < -0.3 is 9.84 Å². The highest BCUT2D eigenvalue weighted by atomic mass is 19.1. The SMILES string of the molecule is CC[C@@H](C)NC(=O)c1ccc(-c2nc(-c3cccc(F)c3)no2)cc1. The molecule has 1 atom stereocenters. The van der Waals surface area contributed by atoms with Gasteiger partial charge in [-0.25, -0.2) is 4.39 Å². The predicted octanol–water partition coefficient (Wildman–Crippen LogP) is 4.07. The number of hydrogen-bond donors (Lipinski definition) is 1. The highest BCUT2D eigenvalue weighted by molar-refractivity contribution is 5.94. The summed E-state index contributed by atoms with van der Waals surface area (Å²) >= 11 is 0. The molecule has 0 bridgehead atoms. The van der Waals surface area contributed by atoms with E-state index in [1.54, 1.807) is 36.4 Å². The Morgan fingerprint density at radius 1 is 1.20 bits per heavy atom. The molecule has 3 rings (SSSR count). The van der Waals surface area contributed by atoms with E-state index in [1.807, 2.05) is 13.8 Å².